The molecule has 0 atom stereocenters. The molecule has 0 radical (unpaired) electrons. The number of phenols is 2. The molecule has 0 unspecified atom stereocenters. The lowest BCUT2D eigenvalue weighted by atomic mass is 10.0. The van der Waals surface area contributed by atoms with Gasteiger partial charge in [0, 0.05) is 12.0 Å². The average Bonchev–Trinajstić information content (AvgIpc) is 2.17. The Kier molecular flexibility index (Phi) is 3.50. The van der Waals surface area contributed by atoms with Gasteiger partial charge >= 0.3 is 5.97 Å². The normalized spacial score (nSPS) is 10.1. The van der Waals surface area contributed by atoms with Gasteiger partial charge in [-0.25, -0.2) is 0 Å². The number of hydrogen-bond acceptors (Lipinski definition) is 4. The van der Waals surface area contributed by atoms with Gasteiger partial charge in [0.1, 0.15) is 12.2 Å². The van der Waals surface area contributed by atoms with Crippen LogP contribution in [0, 0.1) is 6.92 Å². The number of ketones is 1. The minimum Gasteiger partial charge on any atom is -0.504 e. The SMILES string of the molecule is Cc1ccc(O)c(O)c1CC(=O)CC(=O)O. The van der Waals surface area contributed by atoms with E-state index in [1.165, 1.54) is 6.07 Å². The number of carboxylic acids is 1. The molecular formula is C11H12O5. The van der Waals surface area contributed by atoms with Gasteiger partial charge < -0.3 is 15.3 Å². The fourth-order valence-corrected chi connectivity index (χ4v) is 1.38. The van der Waals surface area contributed by atoms with E-state index < -0.39 is 18.2 Å². The fraction of sp³-hybridized carbons (Fsp3) is 0.273. The fourth-order valence-electron chi connectivity index (χ4n) is 1.38. The molecule has 0 aromatic heterocycles. The van der Waals surface area contributed by atoms with Crippen molar-refractivity contribution in [2.24, 2.45) is 0 Å². The van der Waals surface area contributed by atoms with Crippen LogP contribution in [0.15, 0.2) is 12.1 Å². The molecule has 0 bridgehead atoms. The minimum absolute atomic E-state index is 0.196. The maximum atomic E-state index is 11.3. The summed E-state index contributed by atoms with van der Waals surface area (Å²) >= 11 is 0. The van der Waals surface area contributed by atoms with Crippen LogP contribution in [0.5, 0.6) is 11.5 Å². The Morgan fingerprint density at radius 1 is 1.25 bits per heavy atom. The first-order chi connectivity index (χ1) is 7.41. The second kappa shape index (κ2) is 4.65. The molecule has 3 N–H and O–H groups in total. The van der Waals surface area contributed by atoms with Crippen molar-refractivity contribution in [1.82, 2.24) is 0 Å². The first kappa shape index (κ1) is 12.0. The minimum atomic E-state index is -1.21. The summed E-state index contributed by atoms with van der Waals surface area (Å²) in [6.45, 7) is 1.67. The lowest BCUT2D eigenvalue weighted by Crippen LogP contribution is -2.10. The number of aromatic hydroxyl groups is 2. The van der Waals surface area contributed by atoms with Crippen LogP contribution in [0.2, 0.25) is 0 Å². The molecule has 0 aliphatic carbocycles. The predicted octanol–water partition coefficient (Wildman–Crippen LogP) is 0.993. The Morgan fingerprint density at radius 2 is 1.88 bits per heavy atom. The summed E-state index contributed by atoms with van der Waals surface area (Å²) in [5.41, 5.74) is 0.903. The van der Waals surface area contributed by atoms with Crippen molar-refractivity contribution < 1.29 is 24.9 Å². The molecule has 5 heteroatoms. The van der Waals surface area contributed by atoms with Gasteiger partial charge in [-0.2, -0.15) is 0 Å². The number of rotatable bonds is 4. The molecular weight excluding hydrogens is 212 g/mol. The van der Waals surface area contributed by atoms with Crippen molar-refractivity contribution in [2.75, 3.05) is 0 Å². The molecule has 0 amide bonds. The van der Waals surface area contributed by atoms with Crippen molar-refractivity contribution in [3.05, 3.63) is 23.3 Å². The molecule has 0 aliphatic heterocycles. The Bertz CT molecular complexity index is 436. The number of carbonyl (C=O) groups excluding carboxylic acids is 1. The first-order valence-corrected chi connectivity index (χ1v) is 4.65. The predicted molar refractivity (Wildman–Crippen MR) is 55.5 cm³/mol. The molecule has 0 fully saturated rings. The standard InChI is InChI=1S/C11H12O5/c1-6-2-3-9(13)11(16)8(6)4-7(12)5-10(14)15/h2-3,13,16H,4-5H2,1H3,(H,14,15). The third-order valence-corrected chi connectivity index (χ3v) is 2.22. The summed E-state index contributed by atoms with van der Waals surface area (Å²) in [7, 11) is 0. The highest BCUT2D eigenvalue weighted by atomic mass is 16.4. The van der Waals surface area contributed by atoms with E-state index in [4.69, 9.17) is 5.11 Å². The van der Waals surface area contributed by atoms with E-state index in [2.05, 4.69) is 0 Å². The number of carbonyl (C=O) groups is 2. The molecule has 5 nitrogen and oxygen atoms in total. The van der Waals surface area contributed by atoms with Crippen LogP contribution in [-0.4, -0.2) is 27.1 Å². The van der Waals surface area contributed by atoms with Crippen molar-refractivity contribution in [3.63, 3.8) is 0 Å². The Morgan fingerprint density at radius 3 is 2.44 bits per heavy atom. The summed E-state index contributed by atoms with van der Waals surface area (Å²) in [5.74, 6) is -2.40. The third-order valence-electron chi connectivity index (χ3n) is 2.22. The smallest absolute Gasteiger partial charge is 0.310 e. The summed E-state index contributed by atoms with van der Waals surface area (Å²) in [6.07, 6.45) is -0.785. The topological polar surface area (TPSA) is 94.8 Å². The summed E-state index contributed by atoms with van der Waals surface area (Å²) < 4.78 is 0. The van der Waals surface area contributed by atoms with E-state index in [1.807, 2.05) is 0 Å². The van der Waals surface area contributed by atoms with E-state index in [-0.39, 0.29) is 23.5 Å². The van der Waals surface area contributed by atoms with E-state index in [1.54, 1.807) is 13.0 Å². The molecule has 0 spiro atoms. The van der Waals surface area contributed by atoms with Crippen LogP contribution in [0.4, 0.5) is 0 Å². The number of phenolic OH excluding ortho intramolecular Hbond substituents is 2. The largest absolute Gasteiger partial charge is 0.504 e. The van der Waals surface area contributed by atoms with E-state index in [0.717, 1.165) is 0 Å². The van der Waals surface area contributed by atoms with Gasteiger partial charge in [-0.05, 0) is 18.6 Å². The van der Waals surface area contributed by atoms with Crippen molar-refractivity contribution >= 4 is 11.8 Å². The number of benzene rings is 1. The van der Waals surface area contributed by atoms with Gasteiger partial charge in [-0.1, -0.05) is 6.07 Å². The van der Waals surface area contributed by atoms with E-state index in [9.17, 15) is 19.8 Å². The number of carboxylic acid groups (broad SMARTS) is 1. The van der Waals surface area contributed by atoms with Crippen LogP contribution in [0.25, 0.3) is 0 Å². The van der Waals surface area contributed by atoms with Crippen molar-refractivity contribution in [1.29, 1.82) is 0 Å². The number of Topliss-reactive ketones (excluding diaryl/α,β-unsaturated/α-hetero) is 1. The highest BCUT2D eigenvalue weighted by molar-refractivity contribution is 5.96. The van der Waals surface area contributed by atoms with Gasteiger partial charge in [-0.15, -0.1) is 0 Å². The maximum Gasteiger partial charge on any atom is 0.310 e. The number of hydrogen-bond donors (Lipinski definition) is 3. The lowest BCUT2D eigenvalue weighted by molar-refractivity contribution is -0.140. The third kappa shape index (κ3) is 2.73. The van der Waals surface area contributed by atoms with E-state index >= 15 is 0 Å². The molecule has 0 heterocycles. The molecule has 0 saturated heterocycles. The zero-order valence-electron chi connectivity index (χ0n) is 8.73. The van der Waals surface area contributed by atoms with Crippen LogP contribution in [-0.2, 0) is 16.0 Å². The maximum absolute atomic E-state index is 11.3. The van der Waals surface area contributed by atoms with Gasteiger partial charge in [0.15, 0.2) is 11.5 Å². The van der Waals surface area contributed by atoms with Crippen LogP contribution in [0.3, 0.4) is 0 Å². The molecule has 1 rings (SSSR count). The molecule has 1 aromatic carbocycles. The highest BCUT2D eigenvalue weighted by Gasteiger charge is 2.15. The zero-order chi connectivity index (χ0) is 12.3. The molecule has 86 valence electrons. The molecule has 1 aromatic rings. The first-order valence-electron chi connectivity index (χ1n) is 4.65. The van der Waals surface area contributed by atoms with E-state index in [0.29, 0.717) is 5.56 Å². The zero-order valence-corrected chi connectivity index (χ0v) is 8.73. The number of aryl methyl sites for hydroxylation is 1. The Labute approximate surface area is 92.0 Å². The Balaban J connectivity index is 2.93. The van der Waals surface area contributed by atoms with Gasteiger partial charge in [0.25, 0.3) is 0 Å². The number of aliphatic carboxylic acids is 1. The van der Waals surface area contributed by atoms with Crippen LogP contribution >= 0.6 is 0 Å². The van der Waals surface area contributed by atoms with Gasteiger partial charge in [-0.3, -0.25) is 9.59 Å². The Hall–Kier alpha value is -2.04. The monoisotopic (exact) mass is 224 g/mol. The van der Waals surface area contributed by atoms with Gasteiger partial charge in [0.05, 0.1) is 0 Å². The van der Waals surface area contributed by atoms with Crippen LogP contribution in [0.1, 0.15) is 17.5 Å². The quantitative estimate of drug-likeness (QED) is 0.523. The molecule has 0 saturated carbocycles. The average molecular weight is 224 g/mol. The van der Waals surface area contributed by atoms with Gasteiger partial charge in [0.2, 0.25) is 0 Å². The summed E-state index contributed by atoms with van der Waals surface area (Å²) in [5, 5.41) is 27.2. The lowest BCUT2D eigenvalue weighted by Gasteiger charge is -2.08. The van der Waals surface area contributed by atoms with Crippen LogP contribution < -0.4 is 0 Å². The second-order valence-electron chi connectivity index (χ2n) is 3.51. The molecule has 0 aliphatic rings. The highest BCUT2D eigenvalue weighted by Crippen LogP contribution is 2.31. The summed E-state index contributed by atoms with van der Waals surface area (Å²) in [6, 6.07) is 2.87. The molecule has 16 heavy (non-hydrogen) atoms. The van der Waals surface area contributed by atoms with Crippen molar-refractivity contribution in [3.8, 4) is 11.5 Å². The van der Waals surface area contributed by atoms with Crippen molar-refractivity contribution in [2.45, 2.75) is 19.8 Å². The second-order valence-corrected chi connectivity index (χ2v) is 3.51. The summed E-state index contributed by atoms with van der Waals surface area (Å²) in [4.78, 5) is 21.6.